The zero-order valence-corrected chi connectivity index (χ0v) is 19.2. The van der Waals surface area contributed by atoms with E-state index in [2.05, 4.69) is 5.32 Å². The van der Waals surface area contributed by atoms with Crippen LogP contribution in [0.1, 0.15) is 56.8 Å². The van der Waals surface area contributed by atoms with Gasteiger partial charge in [0.25, 0.3) is 5.91 Å². The topological polar surface area (TPSA) is 113 Å². The number of amides is 1. The minimum Gasteiger partial charge on any atom is -0.507 e. The maximum absolute atomic E-state index is 12.7. The summed E-state index contributed by atoms with van der Waals surface area (Å²) in [7, 11) is -3.80. The highest BCUT2D eigenvalue weighted by molar-refractivity contribution is 7.89. The van der Waals surface area contributed by atoms with Crippen LogP contribution < -0.4 is 5.32 Å². The molecule has 1 amide bonds. The number of phenols is 1. The largest absolute Gasteiger partial charge is 0.507 e. The minimum absolute atomic E-state index is 0.0115. The third kappa shape index (κ3) is 5.03. The third-order valence-corrected chi connectivity index (χ3v) is 8.74. The number of benzene rings is 1. The van der Waals surface area contributed by atoms with Gasteiger partial charge in [0.2, 0.25) is 10.0 Å². The molecular formula is C22H32N2O6S. The lowest BCUT2D eigenvalue weighted by molar-refractivity contribution is -0.125. The maximum atomic E-state index is 12.7. The molecule has 31 heavy (non-hydrogen) atoms. The molecule has 2 aliphatic rings. The number of nitrogens with zero attached hydrogens (tertiary/aromatic N) is 1. The van der Waals surface area contributed by atoms with Crippen LogP contribution in [0, 0.1) is 17.8 Å². The van der Waals surface area contributed by atoms with E-state index >= 15 is 0 Å². The molecule has 0 saturated heterocycles. The van der Waals surface area contributed by atoms with Gasteiger partial charge in [0, 0.05) is 19.1 Å². The van der Waals surface area contributed by atoms with Crippen molar-refractivity contribution in [2.45, 2.75) is 57.4 Å². The van der Waals surface area contributed by atoms with Gasteiger partial charge < -0.3 is 15.2 Å². The van der Waals surface area contributed by atoms with Gasteiger partial charge in [0.15, 0.2) is 6.61 Å². The molecule has 0 spiro atoms. The number of hydrogen-bond acceptors (Lipinski definition) is 6. The second kappa shape index (κ2) is 9.56. The van der Waals surface area contributed by atoms with Crippen molar-refractivity contribution in [3.05, 3.63) is 23.8 Å². The molecule has 2 saturated carbocycles. The SMILES string of the molecule is CCN(CC)S(=O)(=O)c1ccc(O)c(C(=O)OCC(=O)N[C@@H](C)[C@@H]2C[C@@H]3CC[C@H]2C3)c1. The van der Waals surface area contributed by atoms with Crippen molar-refractivity contribution in [3.8, 4) is 5.75 Å². The number of rotatable bonds is 9. The van der Waals surface area contributed by atoms with Gasteiger partial charge in [0.05, 0.1) is 4.90 Å². The number of hydrogen-bond donors (Lipinski definition) is 2. The van der Waals surface area contributed by atoms with Crippen LogP contribution in [0.25, 0.3) is 0 Å². The van der Waals surface area contributed by atoms with Crippen LogP contribution >= 0.6 is 0 Å². The lowest BCUT2D eigenvalue weighted by Gasteiger charge is -2.28. The van der Waals surface area contributed by atoms with Crippen LogP contribution in [0.3, 0.4) is 0 Å². The Hall–Kier alpha value is -2.13. The molecule has 4 atom stereocenters. The van der Waals surface area contributed by atoms with Crippen molar-refractivity contribution in [2.75, 3.05) is 19.7 Å². The van der Waals surface area contributed by atoms with Gasteiger partial charge in [0.1, 0.15) is 11.3 Å². The van der Waals surface area contributed by atoms with Crippen LogP contribution in [-0.4, -0.2) is 55.4 Å². The average molecular weight is 453 g/mol. The van der Waals surface area contributed by atoms with Crippen molar-refractivity contribution >= 4 is 21.9 Å². The smallest absolute Gasteiger partial charge is 0.342 e. The van der Waals surface area contributed by atoms with E-state index in [0.29, 0.717) is 11.8 Å². The Balaban J connectivity index is 1.60. The minimum atomic E-state index is -3.80. The number of sulfonamides is 1. The molecule has 0 radical (unpaired) electrons. The molecule has 0 heterocycles. The van der Waals surface area contributed by atoms with Crippen LogP contribution in [0.5, 0.6) is 5.75 Å². The molecule has 2 bridgehead atoms. The summed E-state index contributed by atoms with van der Waals surface area (Å²) in [5, 5.41) is 12.9. The van der Waals surface area contributed by atoms with Crippen LogP contribution in [0.2, 0.25) is 0 Å². The normalized spacial score (nSPS) is 23.7. The number of aromatic hydroxyl groups is 1. The molecule has 2 aliphatic carbocycles. The van der Waals surface area contributed by atoms with Gasteiger partial charge in [-0.2, -0.15) is 4.31 Å². The zero-order valence-electron chi connectivity index (χ0n) is 18.3. The Labute approximate surface area is 184 Å². The van der Waals surface area contributed by atoms with E-state index in [1.807, 2.05) is 6.92 Å². The van der Waals surface area contributed by atoms with Crippen molar-refractivity contribution in [1.29, 1.82) is 0 Å². The van der Waals surface area contributed by atoms with Gasteiger partial charge in [-0.3, -0.25) is 4.79 Å². The van der Waals surface area contributed by atoms with Gasteiger partial charge in [-0.1, -0.05) is 20.3 Å². The first-order chi connectivity index (χ1) is 14.7. The summed E-state index contributed by atoms with van der Waals surface area (Å²) in [4.78, 5) is 24.6. The number of carbonyl (C=O) groups is 2. The molecule has 0 unspecified atom stereocenters. The first-order valence-electron chi connectivity index (χ1n) is 11.0. The van der Waals surface area contributed by atoms with Gasteiger partial charge in [-0.25, -0.2) is 13.2 Å². The monoisotopic (exact) mass is 452 g/mol. The molecular weight excluding hydrogens is 420 g/mol. The van der Waals surface area contributed by atoms with E-state index in [1.165, 1.54) is 29.6 Å². The van der Waals surface area contributed by atoms with E-state index < -0.39 is 34.3 Å². The molecule has 2 N–H and O–H groups in total. The number of phenolic OH excluding ortho intramolecular Hbond substituents is 1. The predicted octanol–water partition coefficient (Wildman–Crippen LogP) is 2.52. The lowest BCUT2D eigenvalue weighted by atomic mass is 9.84. The summed E-state index contributed by atoms with van der Waals surface area (Å²) in [5.41, 5.74) is -0.290. The van der Waals surface area contributed by atoms with Crippen LogP contribution in [0.4, 0.5) is 0 Å². The standard InChI is InChI=1S/C22H32N2O6S/c1-4-24(5-2)31(28,29)17-8-9-20(25)19(12-17)22(27)30-13-21(26)23-14(3)18-11-15-6-7-16(18)10-15/h8-9,12,14-16,18,25H,4-7,10-11,13H2,1-3H3,(H,23,26)/t14-,15+,16-,18-/m0/s1. The number of esters is 1. The molecule has 3 rings (SSSR count). The van der Waals surface area contributed by atoms with E-state index in [4.69, 9.17) is 4.74 Å². The third-order valence-electron chi connectivity index (χ3n) is 6.69. The maximum Gasteiger partial charge on any atom is 0.342 e. The number of nitrogens with one attached hydrogen (secondary N) is 1. The fraction of sp³-hybridized carbons (Fsp3) is 0.636. The van der Waals surface area contributed by atoms with Crippen LogP contribution in [0.15, 0.2) is 23.1 Å². The van der Waals surface area contributed by atoms with Crippen molar-refractivity contribution in [2.24, 2.45) is 17.8 Å². The first kappa shape index (κ1) is 23.5. The van der Waals surface area contributed by atoms with Crippen molar-refractivity contribution < 1.29 is 27.9 Å². The summed E-state index contributed by atoms with van der Waals surface area (Å²) in [6.07, 6.45) is 4.88. The summed E-state index contributed by atoms with van der Waals surface area (Å²) < 4.78 is 31.7. The molecule has 0 aromatic heterocycles. The molecule has 2 fully saturated rings. The van der Waals surface area contributed by atoms with E-state index in [1.54, 1.807) is 13.8 Å². The predicted molar refractivity (Wildman–Crippen MR) is 115 cm³/mol. The highest BCUT2D eigenvalue weighted by atomic mass is 32.2. The van der Waals surface area contributed by atoms with E-state index in [0.717, 1.165) is 24.5 Å². The van der Waals surface area contributed by atoms with Gasteiger partial charge in [-0.15, -0.1) is 0 Å². The fourth-order valence-electron chi connectivity index (χ4n) is 5.07. The Morgan fingerprint density at radius 2 is 1.94 bits per heavy atom. The quantitative estimate of drug-likeness (QED) is 0.557. The Kier molecular flexibility index (Phi) is 7.26. The molecule has 8 nitrogen and oxygen atoms in total. The first-order valence-corrected chi connectivity index (χ1v) is 12.4. The Morgan fingerprint density at radius 3 is 2.52 bits per heavy atom. The average Bonchev–Trinajstić information content (AvgIpc) is 3.36. The highest BCUT2D eigenvalue weighted by Gasteiger charge is 2.42. The van der Waals surface area contributed by atoms with Crippen molar-refractivity contribution in [3.63, 3.8) is 0 Å². The summed E-state index contributed by atoms with van der Waals surface area (Å²) >= 11 is 0. The zero-order chi connectivity index (χ0) is 22.8. The highest BCUT2D eigenvalue weighted by Crippen LogP contribution is 2.49. The molecule has 172 valence electrons. The second-order valence-electron chi connectivity index (χ2n) is 8.54. The van der Waals surface area contributed by atoms with E-state index in [9.17, 15) is 23.1 Å². The van der Waals surface area contributed by atoms with Gasteiger partial charge in [-0.05, 0) is 62.1 Å². The number of carbonyl (C=O) groups excluding carboxylic acids is 2. The molecule has 1 aromatic carbocycles. The Morgan fingerprint density at radius 1 is 1.23 bits per heavy atom. The molecule has 1 aromatic rings. The second-order valence-corrected chi connectivity index (χ2v) is 10.5. The van der Waals surface area contributed by atoms with Gasteiger partial charge >= 0.3 is 5.97 Å². The summed E-state index contributed by atoms with van der Waals surface area (Å²) in [5.74, 6) is 0.140. The number of ether oxygens (including phenoxy) is 1. The molecule has 9 heteroatoms. The fourth-order valence-corrected chi connectivity index (χ4v) is 6.55. The Bertz CT molecular complexity index is 928. The summed E-state index contributed by atoms with van der Waals surface area (Å²) in [6.45, 7) is 5.48. The number of fused-ring (bicyclic) bond motifs is 2. The van der Waals surface area contributed by atoms with Crippen LogP contribution in [-0.2, 0) is 19.6 Å². The van der Waals surface area contributed by atoms with Crippen molar-refractivity contribution in [1.82, 2.24) is 9.62 Å². The summed E-state index contributed by atoms with van der Waals surface area (Å²) in [6, 6.07) is 3.48. The lowest BCUT2D eigenvalue weighted by Crippen LogP contribution is -2.42. The van der Waals surface area contributed by atoms with E-state index in [-0.39, 0.29) is 29.6 Å². The molecule has 0 aliphatic heterocycles.